The molecular formula is C11H10O3. The van der Waals surface area contributed by atoms with Crippen LogP contribution in [0, 0.1) is 0 Å². The van der Waals surface area contributed by atoms with Gasteiger partial charge in [0.25, 0.3) is 0 Å². The first-order valence-electron chi connectivity index (χ1n) is 4.08. The van der Waals surface area contributed by atoms with Gasteiger partial charge in [-0.1, -0.05) is 0 Å². The maximum absolute atomic E-state index is 11.3. The van der Waals surface area contributed by atoms with E-state index in [-0.39, 0.29) is 5.78 Å². The number of carbonyl (C=O) groups excluding carboxylic acids is 2. The van der Waals surface area contributed by atoms with E-state index < -0.39 is 0 Å². The molecule has 3 nitrogen and oxygen atoms in total. The molecule has 0 aliphatic heterocycles. The topological polar surface area (TPSA) is 43.4 Å². The van der Waals surface area contributed by atoms with Gasteiger partial charge in [-0.15, -0.1) is 0 Å². The zero-order valence-electron chi connectivity index (χ0n) is 7.77. The first-order valence-corrected chi connectivity index (χ1v) is 4.08. The van der Waals surface area contributed by atoms with Crippen LogP contribution in [0.25, 0.3) is 0 Å². The van der Waals surface area contributed by atoms with Gasteiger partial charge in [0.15, 0.2) is 5.78 Å². The summed E-state index contributed by atoms with van der Waals surface area (Å²) >= 11 is 0. The average molecular weight is 190 g/mol. The molecule has 0 fully saturated rings. The Labute approximate surface area is 82.0 Å². The van der Waals surface area contributed by atoms with Crippen molar-refractivity contribution in [1.82, 2.24) is 0 Å². The number of hydrogen-bond donors (Lipinski definition) is 0. The molecule has 0 aliphatic rings. The fourth-order valence-electron chi connectivity index (χ4n) is 0.978. The van der Waals surface area contributed by atoms with Gasteiger partial charge in [-0.2, -0.15) is 0 Å². The lowest BCUT2D eigenvalue weighted by atomic mass is 10.1. The van der Waals surface area contributed by atoms with Crippen LogP contribution >= 0.6 is 0 Å². The van der Waals surface area contributed by atoms with Crippen molar-refractivity contribution in [3.63, 3.8) is 0 Å². The van der Waals surface area contributed by atoms with Crippen molar-refractivity contribution in [2.24, 2.45) is 0 Å². The number of hydrogen-bond acceptors (Lipinski definition) is 3. The fourth-order valence-corrected chi connectivity index (χ4v) is 0.978. The van der Waals surface area contributed by atoms with Crippen molar-refractivity contribution in [2.75, 3.05) is 7.11 Å². The Hall–Kier alpha value is -1.90. The molecule has 0 saturated carbocycles. The molecule has 0 saturated heterocycles. The average Bonchev–Trinajstić information content (AvgIpc) is 2.26. The first-order chi connectivity index (χ1) is 6.77. The minimum Gasteiger partial charge on any atom is -0.497 e. The standard InChI is InChI=1S/C11H10O3/c1-14-10-6-4-9(5-7-10)11(13)3-2-8-12/h2-8H,1H3. The Bertz CT molecular complexity index is 349. The summed E-state index contributed by atoms with van der Waals surface area (Å²) in [5.41, 5.74) is 0.531. The maximum Gasteiger partial charge on any atom is 0.185 e. The summed E-state index contributed by atoms with van der Waals surface area (Å²) in [6, 6.07) is 6.69. The van der Waals surface area contributed by atoms with Crippen LogP contribution < -0.4 is 4.74 Å². The minimum absolute atomic E-state index is 0.195. The molecule has 0 atom stereocenters. The number of carbonyl (C=O) groups is 2. The molecule has 0 amide bonds. The van der Waals surface area contributed by atoms with E-state index in [2.05, 4.69) is 0 Å². The van der Waals surface area contributed by atoms with Crippen molar-refractivity contribution in [1.29, 1.82) is 0 Å². The van der Waals surface area contributed by atoms with Gasteiger partial charge >= 0.3 is 0 Å². The summed E-state index contributed by atoms with van der Waals surface area (Å²) in [4.78, 5) is 21.3. The van der Waals surface area contributed by atoms with E-state index in [0.29, 0.717) is 17.6 Å². The molecule has 1 rings (SSSR count). The highest BCUT2D eigenvalue weighted by atomic mass is 16.5. The lowest BCUT2D eigenvalue weighted by Crippen LogP contribution is -1.94. The molecule has 1 aromatic rings. The zero-order chi connectivity index (χ0) is 10.4. The third-order valence-electron chi connectivity index (χ3n) is 1.70. The van der Waals surface area contributed by atoms with Gasteiger partial charge in [-0.05, 0) is 36.4 Å². The molecular weight excluding hydrogens is 180 g/mol. The van der Waals surface area contributed by atoms with Crippen LogP contribution in [0.15, 0.2) is 36.4 Å². The number of allylic oxidation sites excluding steroid dienone is 2. The monoisotopic (exact) mass is 190 g/mol. The van der Waals surface area contributed by atoms with Crippen LogP contribution in [-0.2, 0) is 4.79 Å². The van der Waals surface area contributed by atoms with Crippen molar-refractivity contribution in [2.45, 2.75) is 0 Å². The molecule has 0 spiro atoms. The highest BCUT2D eigenvalue weighted by Crippen LogP contribution is 2.11. The normalized spacial score (nSPS) is 10.1. The first kappa shape index (κ1) is 10.2. The van der Waals surface area contributed by atoms with Crippen molar-refractivity contribution < 1.29 is 14.3 Å². The SMILES string of the molecule is COc1ccc(C(=O)C=CC=O)cc1. The predicted molar refractivity (Wildman–Crippen MR) is 52.5 cm³/mol. The van der Waals surface area contributed by atoms with Crippen LogP contribution in [0.5, 0.6) is 5.75 Å². The van der Waals surface area contributed by atoms with E-state index >= 15 is 0 Å². The lowest BCUT2D eigenvalue weighted by Gasteiger charge is -1.99. The van der Waals surface area contributed by atoms with E-state index in [1.165, 1.54) is 12.2 Å². The fraction of sp³-hybridized carbons (Fsp3) is 0.0909. The third kappa shape index (κ3) is 2.55. The summed E-state index contributed by atoms with van der Waals surface area (Å²) in [7, 11) is 1.56. The van der Waals surface area contributed by atoms with Crippen molar-refractivity contribution >= 4 is 12.1 Å². The molecule has 3 heteroatoms. The van der Waals surface area contributed by atoms with E-state index in [4.69, 9.17) is 4.74 Å². The molecule has 0 radical (unpaired) electrons. The molecule has 0 heterocycles. The van der Waals surface area contributed by atoms with Gasteiger partial charge in [-0.3, -0.25) is 9.59 Å². The second-order valence-corrected chi connectivity index (χ2v) is 2.59. The Balaban J connectivity index is 2.81. The molecule has 0 N–H and O–H groups in total. The van der Waals surface area contributed by atoms with E-state index in [9.17, 15) is 9.59 Å². The van der Waals surface area contributed by atoms with Gasteiger partial charge < -0.3 is 4.74 Å². The van der Waals surface area contributed by atoms with Crippen LogP contribution in [0.4, 0.5) is 0 Å². The largest absolute Gasteiger partial charge is 0.497 e. The molecule has 0 unspecified atom stereocenters. The van der Waals surface area contributed by atoms with Gasteiger partial charge in [0.2, 0.25) is 0 Å². The number of benzene rings is 1. The number of ether oxygens (including phenoxy) is 1. The second-order valence-electron chi connectivity index (χ2n) is 2.59. The third-order valence-corrected chi connectivity index (χ3v) is 1.70. The lowest BCUT2D eigenvalue weighted by molar-refractivity contribution is -0.104. The summed E-state index contributed by atoms with van der Waals surface area (Å²) in [5.74, 6) is 0.501. The molecule has 0 aromatic heterocycles. The zero-order valence-corrected chi connectivity index (χ0v) is 7.77. The Morgan fingerprint density at radius 3 is 2.43 bits per heavy atom. The molecule has 14 heavy (non-hydrogen) atoms. The van der Waals surface area contributed by atoms with Crippen LogP contribution in [0.1, 0.15) is 10.4 Å². The van der Waals surface area contributed by atoms with Crippen LogP contribution in [0.3, 0.4) is 0 Å². The summed E-state index contributed by atoms with van der Waals surface area (Å²) in [5, 5.41) is 0. The number of ketones is 1. The van der Waals surface area contributed by atoms with Gasteiger partial charge in [0, 0.05) is 5.56 Å². The summed E-state index contributed by atoms with van der Waals surface area (Å²) in [6.45, 7) is 0. The van der Waals surface area contributed by atoms with E-state index in [1.807, 2.05) is 0 Å². The second kappa shape index (κ2) is 4.97. The van der Waals surface area contributed by atoms with Crippen molar-refractivity contribution in [3.05, 3.63) is 42.0 Å². The number of aldehydes is 1. The van der Waals surface area contributed by atoms with E-state index in [1.54, 1.807) is 31.4 Å². The molecule has 0 aliphatic carbocycles. The quantitative estimate of drug-likeness (QED) is 0.411. The number of rotatable bonds is 4. The van der Waals surface area contributed by atoms with Crippen molar-refractivity contribution in [3.8, 4) is 5.75 Å². The smallest absolute Gasteiger partial charge is 0.185 e. The molecule has 1 aromatic carbocycles. The molecule has 0 bridgehead atoms. The van der Waals surface area contributed by atoms with Gasteiger partial charge in [0.1, 0.15) is 12.0 Å². The number of methoxy groups -OCH3 is 1. The molecule has 72 valence electrons. The van der Waals surface area contributed by atoms with Crippen LogP contribution in [0.2, 0.25) is 0 Å². The summed E-state index contributed by atoms with van der Waals surface area (Å²) < 4.78 is 4.94. The Kier molecular flexibility index (Phi) is 3.61. The Morgan fingerprint density at radius 1 is 1.29 bits per heavy atom. The van der Waals surface area contributed by atoms with Crippen LogP contribution in [-0.4, -0.2) is 19.2 Å². The highest BCUT2D eigenvalue weighted by Gasteiger charge is 2.00. The highest BCUT2D eigenvalue weighted by molar-refractivity contribution is 6.05. The maximum atomic E-state index is 11.3. The van der Waals surface area contributed by atoms with E-state index in [0.717, 1.165) is 0 Å². The summed E-state index contributed by atoms with van der Waals surface area (Å²) in [6.07, 6.45) is 2.97. The van der Waals surface area contributed by atoms with Gasteiger partial charge in [0.05, 0.1) is 7.11 Å². The predicted octanol–water partition coefficient (Wildman–Crippen LogP) is 1.63. The Morgan fingerprint density at radius 2 is 1.93 bits per heavy atom. The van der Waals surface area contributed by atoms with Gasteiger partial charge in [-0.25, -0.2) is 0 Å². The minimum atomic E-state index is -0.195.